The van der Waals surface area contributed by atoms with Gasteiger partial charge in [0.25, 0.3) is 10.0 Å². The Hall–Kier alpha value is -3.81. The summed E-state index contributed by atoms with van der Waals surface area (Å²) in [4.78, 5) is 2.91. The lowest BCUT2D eigenvalue weighted by atomic mass is 10.0. The molecule has 2 heterocycles. The van der Waals surface area contributed by atoms with Crippen molar-refractivity contribution in [2.24, 2.45) is 0 Å². The molecule has 0 aliphatic rings. The van der Waals surface area contributed by atoms with Crippen LogP contribution >= 0.6 is 0 Å². The number of anilines is 1. The summed E-state index contributed by atoms with van der Waals surface area (Å²) >= 11 is 0. The lowest BCUT2D eigenvalue weighted by molar-refractivity contribution is 0.0754. The summed E-state index contributed by atoms with van der Waals surface area (Å²) in [5, 5.41) is 4.32. The van der Waals surface area contributed by atoms with Crippen LogP contribution in [0.15, 0.2) is 66.0 Å². The number of hydrogen-bond donors (Lipinski definition) is 0. The quantitative estimate of drug-likeness (QED) is 0.145. The van der Waals surface area contributed by atoms with Gasteiger partial charge in [0.2, 0.25) is 0 Å². The van der Waals surface area contributed by atoms with Gasteiger partial charge in [0.05, 0.1) is 24.5 Å². The summed E-state index contributed by atoms with van der Waals surface area (Å²) in [5.41, 5.74) is -0.411. The van der Waals surface area contributed by atoms with Gasteiger partial charge in [0.1, 0.15) is 34.8 Å². The van der Waals surface area contributed by atoms with Crippen LogP contribution in [0.25, 0.3) is 22.4 Å². The number of aromatic nitrogens is 3. The number of benzene rings is 2. The monoisotopic (exact) mass is 564 g/mol. The molecule has 0 aliphatic carbocycles. The van der Waals surface area contributed by atoms with Crippen LogP contribution < -0.4 is 4.31 Å². The van der Waals surface area contributed by atoms with Crippen LogP contribution in [0.5, 0.6) is 0 Å². The molecule has 0 bridgehead atoms. The predicted molar refractivity (Wildman–Crippen MR) is 135 cm³/mol. The van der Waals surface area contributed by atoms with Crippen LogP contribution in [-0.2, 0) is 26.0 Å². The zero-order chi connectivity index (χ0) is 28.2. The number of hydrogen-bond acceptors (Lipinski definition) is 6. The molecule has 8 nitrogen and oxygen atoms in total. The van der Waals surface area contributed by atoms with Gasteiger partial charge in [-0.15, -0.1) is 0 Å². The van der Waals surface area contributed by atoms with Crippen LogP contribution in [0.4, 0.5) is 23.2 Å². The van der Waals surface area contributed by atoms with Crippen molar-refractivity contribution < 1.29 is 35.5 Å². The Balaban J connectivity index is 1.91. The highest BCUT2D eigenvalue weighted by Gasteiger charge is 2.33. The molecule has 0 spiro atoms. The molecule has 4 aromatic rings. The number of nitrogens with zero attached hydrogens (tertiary/aromatic N) is 4. The molecule has 0 atom stereocenters. The second kappa shape index (κ2) is 11.9. The average molecular weight is 565 g/mol. The first kappa shape index (κ1) is 28.2. The fourth-order valence-corrected chi connectivity index (χ4v) is 5.24. The van der Waals surface area contributed by atoms with Crippen molar-refractivity contribution in [1.29, 1.82) is 0 Å². The Morgan fingerprint density at radius 2 is 1.69 bits per heavy atom. The van der Waals surface area contributed by atoms with Crippen LogP contribution in [-0.4, -0.2) is 50.2 Å². The zero-order valence-corrected chi connectivity index (χ0v) is 21.8. The van der Waals surface area contributed by atoms with E-state index in [2.05, 4.69) is 10.1 Å². The zero-order valence-electron chi connectivity index (χ0n) is 20.9. The molecule has 0 saturated carbocycles. The number of aryl methyl sites for hydroxylation is 1. The summed E-state index contributed by atoms with van der Waals surface area (Å²) in [6.45, 7) is 1.34. The molecule has 39 heavy (non-hydrogen) atoms. The lowest BCUT2D eigenvalue weighted by Crippen LogP contribution is -2.35. The standard InChI is InChI=1S/C26H24F4N4O4S/c1-3-33-15-19(17-8-10-31-11-9-17)26(32-33)24-21(29)6-7-22(25(24)30)34(16-38-13-12-37-2)39(35,36)23-14-18(27)4-5-20(23)28/h4-11,14-15H,3,12-13,16H2,1-2H3. The van der Waals surface area contributed by atoms with E-state index in [0.717, 1.165) is 18.2 Å². The highest BCUT2D eigenvalue weighted by Crippen LogP contribution is 2.39. The van der Waals surface area contributed by atoms with E-state index in [4.69, 9.17) is 9.47 Å². The van der Waals surface area contributed by atoms with Gasteiger partial charge in [-0.1, -0.05) is 0 Å². The molecule has 0 N–H and O–H groups in total. The van der Waals surface area contributed by atoms with Crippen molar-refractivity contribution in [3.63, 3.8) is 0 Å². The van der Waals surface area contributed by atoms with Gasteiger partial charge < -0.3 is 9.47 Å². The highest BCUT2D eigenvalue weighted by molar-refractivity contribution is 7.92. The van der Waals surface area contributed by atoms with E-state index in [0.29, 0.717) is 34.1 Å². The van der Waals surface area contributed by atoms with E-state index >= 15 is 8.78 Å². The van der Waals surface area contributed by atoms with Gasteiger partial charge in [0.15, 0.2) is 5.82 Å². The minimum Gasteiger partial charge on any atom is -0.382 e. The Bertz CT molecular complexity index is 1570. The SMILES string of the molecule is CCn1cc(-c2ccncc2)c(-c2c(F)ccc(N(COCCOC)S(=O)(=O)c3cc(F)ccc3F)c2F)n1. The van der Waals surface area contributed by atoms with Gasteiger partial charge in [-0.2, -0.15) is 5.10 Å². The van der Waals surface area contributed by atoms with Gasteiger partial charge in [-0.05, 0) is 55.0 Å². The largest absolute Gasteiger partial charge is 0.382 e. The number of ether oxygens (including phenoxy) is 2. The number of methoxy groups -OCH3 is 1. The third kappa shape index (κ3) is 5.79. The number of rotatable bonds is 11. The molecule has 2 aromatic heterocycles. The van der Waals surface area contributed by atoms with E-state index in [9.17, 15) is 17.2 Å². The molecule has 0 saturated heterocycles. The molecule has 0 unspecified atom stereocenters. The molecule has 2 aromatic carbocycles. The normalized spacial score (nSPS) is 11.6. The molecule has 0 fully saturated rings. The van der Waals surface area contributed by atoms with Crippen LogP contribution in [0.2, 0.25) is 0 Å². The van der Waals surface area contributed by atoms with Gasteiger partial charge in [-0.25, -0.2) is 30.3 Å². The maximum absolute atomic E-state index is 16.2. The van der Waals surface area contributed by atoms with Crippen molar-refractivity contribution >= 4 is 15.7 Å². The van der Waals surface area contributed by atoms with Crippen molar-refractivity contribution in [1.82, 2.24) is 14.8 Å². The summed E-state index contributed by atoms with van der Waals surface area (Å²) in [7, 11) is -3.54. The molecule has 13 heteroatoms. The molecule has 4 rings (SSSR count). The van der Waals surface area contributed by atoms with E-state index in [1.165, 1.54) is 24.2 Å². The smallest absolute Gasteiger partial charge is 0.269 e. The van der Waals surface area contributed by atoms with Gasteiger partial charge >= 0.3 is 0 Å². The van der Waals surface area contributed by atoms with Crippen molar-refractivity contribution in [2.75, 3.05) is 31.4 Å². The van der Waals surface area contributed by atoms with Crippen molar-refractivity contribution in [3.05, 3.63) is 84.3 Å². The van der Waals surface area contributed by atoms with Crippen LogP contribution in [0, 0.1) is 23.3 Å². The summed E-state index contributed by atoms with van der Waals surface area (Å²) < 4.78 is 99.1. The number of halogens is 4. The van der Waals surface area contributed by atoms with Crippen molar-refractivity contribution in [3.8, 4) is 22.4 Å². The molecule has 206 valence electrons. The molecule has 0 radical (unpaired) electrons. The second-order valence-electron chi connectivity index (χ2n) is 8.20. The fourth-order valence-electron chi connectivity index (χ4n) is 3.81. The summed E-state index contributed by atoms with van der Waals surface area (Å²) in [6.07, 6.45) is 4.61. The highest BCUT2D eigenvalue weighted by atomic mass is 32.2. The predicted octanol–water partition coefficient (Wildman–Crippen LogP) is 5.00. The Morgan fingerprint density at radius 3 is 2.38 bits per heavy atom. The van der Waals surface area contributed by atoms with Crippen LogP contribution in [0.3, 0.4) is 0 Å². The van der Waals surface area contributed by atoms with E-state index in [-0.39, 0.29) is 18.9 Å². The molecular formula is C26H24F4N4O4S. The fraction of sp³-hybridized carbons (Fsp3) is 0.231. The maximum Gasteiger partial charge on any atom is 0.269 e. The lowest BCUT2D eigenvalue weighted by Gasteiger charge is -2.25. The Kier molecular flexibility index (Phi) is 8.63. The topological polar surface area (TPSA) is 86.5 Å². The Labute approximate surface area is 222 Å². The molecule has 0 aliphatic heterocycles. The second-order valence-corrected chi connectivity index (χ2v) is 10.0. The van der Waals surface area contributed by atoms with E-state index < -0.39 is 56.2 Å². The van der Waals surface area contributed by atoms with Gasteiger partial charge in [-0.3, -0.25) is 9.67 Å². The first-order chi connectivity index (χ1) is 18.7. The molecular weight excluding hydrogens is 540 g/mol. The molecule has 0 amide bonds. The van der Waals surface area contributed by atoms with Crippen LogP contribution in [0.1, 0.15) is 6.92 Å². The number of pyridine rings is 1. The minimum absolute atomic E-state index is 0.0725. The maximum atomic E-state index is 16.2. The van der Waals surface area contributed by atoms with Gasteiger partial charge in [0, 0.05) is 37.8 Å². The average Bonchev–Trinajstić information content (AvgIpc) is 3.35. The number of sulfonamides is 1. The third-order valence-electron chi connectivity index (χ3n) is 5.75. The third-order valence-corrected chi connectivity index (χ3v) is 7.51. The van der Waals surface area contributed by atoms with Crippen molar-refractivity contribution in [2.45, 2.75) is 18.4 Å². The minimum atomic E-state index is -4.93. The Morgan fingerprint density at radius 1 is 0.974 bits per heavy atom. The van der Waals surface area contributed by atoms with E-state index in [1.54, 1.807) is 25.3 Å². The summed E-state index contributed by atoms with van der Waals surface area (Å²) in [5.74, 6) is -4.59. The van der Waals surface area contributed by atoms with E-state index in [1.807, 2.05) is 0 Å². The first-order valence-corrected chi connectivity index (χ1v) is 13.1. The first-order valence-electron chi connectivity index (χ1n) is 11.7. The summed E-state index contributed by atoms with van der Waals surface area (Å²) in [6, 6.07) is 6.87.